The summed E-state index contributed by atoms with van der Waals surface area (Å²) < 4.78 is 37.3. The first-order chi connectivity index (χ1) is 8.38. The highest BCUT2D eigenvalue weighted by molar-refractivity contribution is 5.73. The largest absolute Gasteiger partial charge is 0.390 e. The SMILES string of the molecule is NC(=O)CCNC(CC(F)(F)F)c1ccccc1. The van der Waals surface area contributed by atoms with Gasteiger partial charge in [-0.1, -0.05) is 30.3 Å². The minimum absolute atomic E-state index is 0.0151. The molecule has 1 rings (SSSR count). The van der Waals surface area contributed by atoms with Gasteiger partial charge >= 0.3 is 6.18 Å². The summed E-state index contributed by atoms with van der Waals surface area (Å²) in [5, 5.41) is 2.70. The number of primary amides is 1. The molecule has 0 radical (unpaired) electrons. The van der Waals surface area contributed by atoms with E-state index >= 15 is 0 Å². The van der Waals surface area contributed by atoms with Crippen molar-refractivity contribution >= 4 is 5.91 Å². The Bertz CT molecular complexity index is 379. The lowest BCUT2D eigenvalue weighted by Crippen LogP contribution is -2.29. The first-order valence-electron chi connectivity index (χ1n) is 5.52. The monoisotopic (exact) mass is 260 g/mol. The van der Waals surface area contributed by atoms with Crippen LogP contribution >= 0.6 is 0 Å². The van der Waals surface area contributed by atoms with E-state index in [1.54, 1.807) is 30.3 Å². The van der Waals surface area contributed by atoms with Crippen LogP contribution in [0.15, 0.2) is 30.3 Å². The average molecular weight is 260 g/mol. The Labute approximate surface area is 103 Å². The van der Waals surface area contributed by atoms with Crippen LogP contribution in [-0.4, -0.2) is 18.6 Å². The van der Waals surface area contributed by atoms with Gasteiger partial charge in [-0.15, -0.1) is 0 Å². The summed E-state index contributed by atoms with van der Waals surface area (Å²) >= 11 is 0. The summed E-state index contributed by atoms with van der Waals surface area (Å²) in [6.45, 7) is 0.130. The molecule has 1 unspecified atom stereocenters. The third-order valence-corrected chi connectivity index (χ3v) is 2.40. The molecule has 0 aliphatic heterocycles. The number of carbonyl (C=O) groups excluding carboxylic acids is 1. The second-order valence-corrected chi connectivity index (χ2v) is 3.95. The molecule has 3 nitrogen and oxygen atoms in total. The van der Waals surface area contributed by atoms with Gasteiger partial charge in [0.1, 0.15) is 0 Å². The van der Waals surface area contributed by atoms with Crippen molar-refractivity contribution in [2.75, 3.05) is 6.54 Å². The molecule has 0 heterocycles. The molecule has 0 saturated carbocycles. The van der Waals surface area contributed by atoms with E-state index in [9.17, 15) is 18.0 Å². The number of amides is 1. The summed E-state index contributed by atoms with van der Waals surface area (Å²) in [4.78, 5) is 10.6. The van der Waals surface area contributed by atoms with Crippen molar-refractivity contribution < 1.29 is 18.0 Å². The highest BCUT2D eigenvalue weighted by Crippen LogP contribution is 2.29. The van der Waals surface area contributed by atoms with Crippen molar-refractivity contribution in [1.82, 2.24) is 5.32 Å². The van der Waals surface area contributed by atoms with Crippen LogP contribution in [0.2, 0.25) is 0 Å². The van der Waals surface area contributed by atoms with Gasteiger partial charge in [0.25, 0.3) is 0 Å². The molecule has 0 saturated heterocycles. The van der Waals surface area contributed by atoms with E-state index in [1.807, 2.05) is 0 Å². The van der Waals surface area contributed by atoms with Gasteiger partial charge in [-0.05, 0) is 5.56 Å². The van der Waals surface area contributed by atoms with Gasteiger partial charge in [0.15, 0.2) is 0 Å². The third kappa shape index (κ3) is 5.67. The lowest BCUT2D eigenvalue weighted by molar-refractivity contribution is -0.140. The standard InChI is InChI=1S/C12H15F3N2O/c13-12(14,15)8-10(17-7-6-11(16)18)9-4-2-1-3-5-9/h1-5,10,17H,6-8H2,(H2,16,18). The number of nitrogens with one attached hydrogen (secondary N) is 1. The Morgan fingerprint density at radius 1 is 1.28 bits per heavy atom. The number of rotatable bonds is 6. The van der Waals surface area contributed by atoms with E-state index in [4.69, 9.17) is 5.73 Å². The maximum atomic E-state index is 12.4. The summed E-state index contributed by atoms with van der Waals surface area (Å²) in [5.74, 6) is -0.540. The summed E-state index contributed by atoms with van der Waals surface area (Å²) in [7, 11) is 0. The van der Waals surface area contributed by atoms with Crippen LogP contribution in [-0.2, 0) is 4.79 Å². The van der Waals surface area contributed by atoms with E-state index in [0.29, 0.717) is 5.56 Å². The minimum atomic E-state index is -4.26. The second kappa shape index (κ2) is 6.39. The average Bonchev–Trinajstić information content (AvgIpc) is 2.27. The zero-order valence-corrected chi connectivity index (χ0v) is 9.70. The van der Waals surface area contributed by atoms with Crippen LogP contribution in [0.4, 0.5) is 13.2 Å². The molecule has 100 valence electrons. The van der Waals surface area contributed by atoms with E-state index in [2.05, 4.69) is 5.32 Å². The van der Waals surface area contributed by atoms with E-state index in [0.717, 1.165) is 0 Å². The van der Waals surface area contributed by atoms with Gasteiger partial charge in [-0.3, -0.25) is 4.79 Å². The van der Waals surface area contributed by atoms with Crippen molar-refractivity contribution in [3.8, 4) is 0 Å². The zero-order chi connectivity index (χ0) is 13.6. The second-order valence-electron chi connectivity index (χ2n) is 3.95. The molecule has 3 N–H and O–H groups in total. The predicted octanol–water partition coefficient (Wildman–Crippen LogP) is 2.15. The smallest absolute Gasteiger partial charge is 0.370 e. The van der Waals surface area contributed by atoms with Crippen LogP contribution in [0.5, 0.6) is 0 Å². The quantitative estimate of drug-likeness (QED) is 0.823. The molecule has 1 atom stereocenters. The van der Waals surface area contributed by atoms with Gasteiger partial charge in [-0.2, -0.15) is 13.2 Å². The Morgan fingerprint density at radius 2 is 1.89 bits per heavy atom. The number of alkyl halides is 3. The van der Waals surface area contributed by atoms with Crippen LogP contribution in [0.25, 0.3) is 0 Å². The molecular weight excluding hydrogens is 245 g/mol. The summed E-state index contributed by atoms with van der Waals surface area (Å²) in [6, 6.07) is 7.47. The minimum Gasteiger partial charge on any atom is -0.370 e. The number of carbonyl (C=O) groups is 1. The normalized spacial score (nSPS) is 13.3. The topological polar surface area (TPSA) is 55.1 Å². The first kappa shape index (κ1) is 14.5. The number of nitrogens with two attached hydrogens (primary N) is 1. The lowest BCUT2D eigenvalue weighted by atomic mass is 10.0. The predicted molar refractivity (Wildman–Crippen MR) is 61.7 cm³/mol. The van der Waals surface area contributed by atoms with Crippen LogP contribution in [0.1, 0.15) is 24.4 Å². The van der Waals surface area contributed by atoms with Crippen molar-refractivity contribution in [3.05, 3.63) is 35.9 Å². The van der Waals surface area contributed by atoms with E-state index < -0.39 is 24.5 Å². The fourth-order valence-corrected chi connectivity index (χ4v) is 1.59. The molecule has 1 amide bonds. The molecule has 1 aromatic carbocycles. The molecule has 0 fully saturated rings. The van der Waals surface area contributed by atoms with Crippen molar-refractivity contribution in [2.24, 2.45) is 5.73 Å². The number of hydrogen-bond donors (Lipinski definition) is 2. The molecule has 1 aromatic rings. The van der Waals surface area contributed by atoms with Crippen LogP contribution < -0.4 is 11.1 Å². The highest BCUT2D eigenvalue weighted by Gasteiger charge is 2.32. The molecular formula is C12H15F3N2O. The Kier molecular flexibility index (Phi) is 5.15. The molecule has 0 spiro atoms. The maximum Gasteiger partial charge on any atom is 0.390 e. The van der Waals surface area contributed by atoms with Gasteiger partial charge in [0, 0.05) is 19.0 Å². The van der Waals surface area contributed by atoms with Gasteiger partial charge in [0.2, 0.25) is 5.91 Å². The van der Waals surface area contributed by atoms with Gasteiger partial charge in [-0.25, -0.2) is 0 Å². The number of halogens is 3. The number of hydrogen-bond acceptors (Lipinski definition) is 2. The lowest BCUT2D eigenvalue weighted by Gasteiger charge is -2.20. The highest BCUT2D eigenvalue weighted by atomic mass is 19.4. The Balaban J connectivity index is 2.67. The van der Waals surface area contributed by atoms with E-state index in [1.165, 1.54) is 0 Å². The number of benzene rings is 1. The van der Waals surface area contributed by atoms with Gasteiger partial charge < -0.3 is 11.1 Å². The summed E-state index contributed by atoms with van der Waals surface area (Å²) in [6.07, 6.45) is -5.23. The van der Waals surface area contributed by atoms with Crippen LogP contribution in [0, 0.1) is 0 Å². The fraction of sp³-hybridized carbons (Fsp3) is 0.417. The van der Waals surface area contributed by atoms with Crippen molar-refractivity contribution in [1.29, 1.82) is 0 Å². The Morgan fingerprint density at radius 3 is 2.39 bits per heavy atom. The van der Waals surface area contributed by atoms with Crippen LogP contribution in [0.3, 0.4) is 0 Å². The van der Waals surface area contributed by atoms with Crippen molar-refractivity contribution in [2.45, 2.75) is 25.1 Å². The Hall–Kier alpha value is -1.56. The molecule has 0 aliphatic carbocycles. The third-order valence-electron chi connectivity index (χ3n) is 2.40. The fourth-order valence-electron chi connectivity index (χ4n) is 1.59. The molecule has 0 bridgehead atoms. The zero-order valence-electron chi connectivity index (χ0n) is 9.70. The molecule has 0 aromatic heterocycles. The van der Waals surface area contributed by atoms with E-state index in [-0.39, 0.29) is 13.0 Å². The molecule has 6 heteroatoms. The molecule has 18 heavy (non-hydrogen) atoms. The maximum absolute atomic E-state index is 12.4. The first-order valence-corrected chi connectivity index (χ1v) is 5.52. The van der Waals surface area contributed by atoms with Crippen molar-refractivity contribution in [3.63, 3.8) is 0 Å². The molecule has 0 aliphatic rings. The summed E-state index contributed by atoms with van der Waals surface area (Å²) in [5.41, 5.74) is 5.48. The van der Waals surface area contributed by atoms with Gasteiger partial charge in [0.05, 0.1) is 6.42 Å².